The fourth-order valence-electron chi connectivity index (χ4n) is 2.76. The van der Waals surface area contributed by atoms with Gasteiger partial charge in [-0.2, -0.15) is 0 Å². The molecule has 0 bridgehead atoms. The van der Waals surface area contributed by atoms with E-state index in [4.69, 9.17) is 4.42 Å². The molecule has 1 amide bonds. The minimum Gasteiger partial charge on any atom is -0.463 e. The van der Waals surface area contributed by atoms with Gasteiger partial charge in [0.15, 0.2) is 16.7 Å². The van der Waals surface area contributed by atoms with Gasteiger partial charge in [0.25, 0.3) is 0 Å². The van der Waals surface area contributed by atoms with Gasteiger partial charge in [-0.25, -0.2) is 4.98 Å². The Hall–Kier alpha value is -2.73. The Balaban J connectivity index is 1.54. The number of hydrogen-bond acceptors (Lipinski definition) is 5. The third kappa shape index (κ3) is 2.47. The molecular formula is C17H12N2O3S. The molecule has 23 heavy (non-hydrogen) atoms. The Labute approximate surface area is 136 Å². The number of aromatic nitrogens is 1. The van der Waals surface area contributed by atoms with E-state index in [1.807, 2.05) is 29.6 Å². The normalized spacial score (nSPS) is 16.3. The van der Waals surface area contributed by atoms with Crippen molar-refractivity contribution >= 4 is 28.2 Å². The molecule has 114 valence electrons. The van der Waals surface area contributed by atoms with E-state index in [0.717, 1.165) is 5.56 Å². The van der Waals surface area contributed by atoms with Crippen molar-refractivity contribution < 1.29 is 14.0 Å². The highest BCUT2D eigenvalue weighted by atomic mass is 32.1. The Kier molecular flexibility index (Phi) is 3.31. The van der Waals surface area contributed by atoms with E-state index in [0.29, 0.717) is 22.1 Å². The smallest absolute Gasteiger partial charge is 0.234 e. The van der Waals surface area contributed by atoms with Crippen LogP contribution in [0.15, 0.2) is 52.5 Å². The fourth-order valence-corrected chi connectivity index (χ4v) is 3.46. The summed E-state index contributed by atoms with van der Waals surface area (Å²) < 4.78 is 5.29. The molecule has 2 aromatic heterocycles. The highest BCUT2D eigenvalue weighted by Gasteiger charge is 2.34. The predicted octanol–water partition coefficient (Wildman–Crippen LogP) is 3.71. The standard InChI is InChI=1S/C17H12N2O3S/c20-14-8-12(10-4-1-2-5-11(10)14)16(21)19-17-18-13(9-23-17)15-6-3-7-22-15/h1-7,9,12H,8H2,(H,18,19,21). The molecule has 0 spiro atoms. The van der Waals surface area contributed by atoms with Crippen molar-refractivity contribution in [1.82, 2.24) is 4.98 Å². The lowest BCUT2D eigenvalue weighted by Gasteiger charge is -2.09. The van der Waals surface area contributed by atoms with Gasteiger partial charge >= 0.3 is 0 Å². The van der Waals surface area contributed by atoms with E-state index >= 15 is 0 Å². The molecule has 0 fully saturated rings. The number of amides is 1. The molecule has 0 aliphatic heterocycles. The zero-order valence-electron chi connectivity index (χ0n) is 12.0. The number of anilines is 1. The van der Waals surface area contributed by atoms with Crippen LogP contribution in [0, 0.1) is 0 Å². The maximum Gasteiger partial charge on any atom is 0.234 e. The lowest BCUT2D eigenvalue weighted by Crippen LogP contribution is -2.19. The number of hydrogen-bond donors (Lipinski definition) is 1. The SMILES string of the molecule is O=C1CC(C(=O)Nc2nc(-c3ccco3)cs2)c2ccccc21. The van der Waals surface area contributed by atoms with Crippen LogP contribution in [0.5, 0.6) is 0 Å². The number of rotatable bonds is 3. The molecule has 6 heteroatoms. The number of carbonyl (C=O) groups excluding carboxylic acids is 2. The number of fused-ring (bicyclic) bond motifs is 1. The molecule has 0 radical (unpaired) electrons. The number of nitrogens with one attached hydrogen (secondary N) is 1. The highest BCUT2D eigenvalue weighted by Crippen LogP contribution is 2.34. The summed E-state index contributed by atoms with van der Waals surface area (Å²) >= 11 is 1.33. The van der Waals surface area contributed by atoms with E-state index in [1.165, 1.54) is 11.3 Å². The molecule has 2 heterocycles. The van der Waals surface area contributed by atoms with E-state index in [1.54, 1.807) is 18.4 Å². The van der Waals surface area contributed by atoms with Crippen LogP contribution in [0.1, 0.15) is 28.3 Å². The van der Waals surface area contributed by atoms with Crippen molar-refractivity contribution in [2.45, 2.75) is 12.3 Å². The van der Waals surface area contributed by atoms with Crippen molar-refractivity contribution in [3.8, 4) is 11.5 Å². The van der Waals surface area contributed by atoms with Gasteiger partial charge < -0.3 is 9.73 Å². The molecule has 1 aliphatic rings. The molecule has 1 atom stereocenters. The van der Waals surface area contributed by atoms with Gasteiger partial charge in [-0.1, -0.05) is 24.3 Å². The molecule has 1 unspecified atom stereocenters. The van der Waals surface area contributed by atoms with Crippen molar-refractivity contribution in [2.24, 2.45) is 0 Å². The van der Waals surface area contributed by atoms with Crippen LogP contribution in [0.4, 0.5) is 5.13 Å². The Morgan fingerprint density at radius 2 is 2.13 bits per heavy atom. The quantitative estimate of drug-likeness (QED) is 0.797. The molecule has 3 aromatic rings. The van der Waals surface area contributed by atoms with Gasteiger partial charge in [0.1, 0.15) is 5.69 Å². The first-order valence-corrected chi connectivity index (χ1v) is 8.03. The van der Waals surface area contributed by atoms with Crippen LogP contribution in [0.25, 0.3) is 11.5 Å². The molecule has 4 rings (SSSR count). The lowest BCUT2D eigenvalue weighted by molar-refractivity contribution is -0.117. The molecule has 0 saturated heterocycles. The van der Waals surface area contributed by atoms with Gasteiger partial charge in [0, 0.05) is 17.4 Å². The molecule has 5 nitrogen and oxygen atoms in total. The van der Waals surface area contributed by atoms with Crippen molar-refractivity contribution in [2.75, 3.05) is 5.32 Å². The number of Topliss-reactive ketones (excluding diaryl/α,β-unsaturated/α-hetero) is 1. The number of thiazole rings is 1. The first-order valence-electron chi connectivity index (χ1n) is 7.15. The number of benzene rings is 1. The van der Waals surface area contributed by atoms with Gasteiger partial charge in [-0.3, -0.25) is 9.59 Å². The maximum absolute atomic E-state index is 12.5. The summed E-state index contributed by atoms with van der Waals surface area (Å²) in [7, 11) is 0. The second kappa shape index (κ2) is 5.48. The van der Waals surface area contributed by atoms with Gasteiger partial charge in [-0.05, 0) is 17.7 Å². The second-order valence-corrected chi connectivity index (χ2v) is 6.13. The third-order valence-corrected chi connectivity index (χ3v) is 4.61. The van der Waals surface area contributed by atoms with E-state index < -0.39 is 5.92 Å². The number of furan rings is 1. The zero-order chi connectivity index (χ0) is 15.8. The summed E-state index contributed by atoms with van der Waals surface area (Å²) in [5.74, 6) is 0.0117. The van der Waals surface area contributed by atoms with Crippen LogP contribution in [0.2, 0.25) is 0 Å². The first-order chi connectivity index (χ1) is 11.2. The van der Waals surface area contributed by atoms with Crippen LogP contribution in [-0.4, -0.2) is 16.7 Å². The number of nitrogens with zero attached hydrogens (tertiary/aromatic N) is 1. The fraction of sp³-hybridized carbons (Fsp3) is 0.118. The van der Waals surface area contributed by atoms with Gasteiger partial charge in [0.05, 0.1) is 12.2 Å². The lowest BCUT2D eigenvalue weighted by atomic mass is 10.0. The molecule has 1 aromatic carbocycles. The van der Waals surface area contributed by atoms with Crippen LogP contribution < -0.4 is 5.32 Å². The Morgan fingerprint density at radius 3 is 2.96 bits per heavy atom. The summed E-state index contributed by atoms with van der Waals surface area (Å²) in [6.45, 7) is 0. The highest BCUT2D eigenvalue weighted by molar-refractivity contribution is 7.14. The zero-order valence-corrected chi connectivity index (χ0v) is 12.8. The van der Waals surface area contributed by atoms with Crippen molar-refractivity contribution in [1.29, 1.82) is 0 Å². The number of carbonyl (C=O) groups is 2. The Morgan fingerprint density at radius 1 is 1.26 bits per heavy atom. The number of ketones is 1. The van der Waals surface area contributed by atoms with Crippen LogP contribution in [0.3, 0.4) is 0 Å². The van der Waals surface area contributed by atoms with Crippen LogP contribution in [-0.2, 0) is 4.79 Å². The van der Waals surface area contributed by atoms with Crippen molar-refractivity contribution in [3.05, 3.63) is 59.2 Å². The summed E-state index contributed by atoms with van der Waals surface area (Å²) in [4.78, 5) is 28.8. The Bertz CT molecular complexity index is 883. The molecule has 1 aliphatic carbocycles. The van der Waals surface area contributed by atoms with E-state index in [9.17, 15) is 9.59 Å². The third-order valence-electron chi connectivity index (χ3n) is 3.85. The van der Waals surface area contributed by atoms with Gasteiger partial charge in [0.2, 0.25) is 5.91 Å². The summed E-state index contributed by atoms with van der Waals surface area (Å²) in [6, 6.07) is 10.9. The van der Waals surface area contributed by atoms with Crippen molar-refractivity contribution in [3.63, 3.8) is 0 Å². The minimum absolute atomic E-state index is 0.0103. The monoisotopic (exact) mass is 324 g/mol. The summed E-state index contributed by atoms with van der Waals surface area (Å²) in [5, 5.41) is 5.12. The summed E-state index contributed by atoms with van der Waals surface area (Å²) in [6.07, 6.45) is 1.79. The minimum atomic E-state index is -0.449. The van der Waals surface area contributed by atoms with E-state index in [-0.39, 0.29) is 18.1 Å². The summed E-state index contributed by atoms with van der Waals surface area (Å²) in [5.41, 5.74) is 2.11. The van der Waals surface area contributed by atoms with E-state index in [2.05, 4.69) is 10.3 Å². The average molecular weight is 324 g/mol. The topological polar surface area (TPSA) is 72.2 Å². The average Bonchev–Trinajstić information content (AvgIpc) is 3.27. The van der Waals surface area contributed by atoms with Crippen LogP contribution >= 0.6 is 11.3 Å². The van der Waals surface area contributed by atoms with Gasteiger partial charge in [-0.15, -0.1) is 11.3 Å². The molecule has 1 N–H and O–H groups in total. The maximum atomic E-state index is 12.5. The molecular weight excluding hydrogens is 312 g/mol. The molecule has 0 saturated carbocycles. The predicted molar refractivity (Wildman–Crippen MR) is 86.6 cm³/mol. The largest absolute Gasteiger partial charge is 0.463 e. The first kappa shape index (κ1) is 13.9. The second-order valence-electron chi connectivity index (χ2n) is 5.27.